The minimum Gasteiger partial charge on any atom is -0.493 e. The molecule has 5 heteroatoms. The van der Waals surface area contributed by atoms with Crippen molar-refractivity contribution in [3.05, 3.63) is 65.2 Å². The van der Waals surface area contributed by atoms with Gasteiger partial charge in [-0.3, -0.25) is 9.69 Å². The van der Waals surface area contributed by atoms with Gasteiger partial charge in [0.15, 0.2) is 18.1 Å². The quantitative estimate of drug-likeness (QED) is 0.668. The second kappa shape index (κ2) is 11.4. The van der Waals surface area contributed by atoms with Crippen molar-refractivity contribution in [1.82, 2.24) is 10.2 Å². The fraction of sp³-hybridized carbons (Fsp3) is 0.400. The van der Waals surface area contributed by atoms with Crippen LogP contribution in [-0.2, 0) is 17.9 Å². The van der Waals surface area contributed by atoms with Gasteiger partial charge >= 0.3 is 0 Å². The smallest absolute Gasteiger partial charge is 0.258 e. The van der Waals surface area contributed by atoms with Crippen molar-refractivity contribution in [2.45, 2.75) is 39.3 Å². The van der Waals surface area contributed by atoms with Crippen LogP contribution in [0, 0.1) is 0 Å². The van der Waals surface area contributed by atoms with Crippen molar-refractivity contribution in [1.29, 1.82) is 0 Å². The van der Waals surface area contributed by atoms with Gasteiger partial charge in [-0.05, 0) is 61.7 Å². The number of nitrogens with zero attached hydrogens (tertiary/aromatic N) is 1. The van der Waals surface area contributed by atoms with Gasteiger partial charge in [-0.1, -0.05) is 48.9 Å². The van der Waals surface area contributed by atoms with E-state index in [0.29, 0.717) is 18.0 Å². The van der Waals surface area contributed by atoms with Gasteiger partial charge in [-0.25, -0.2) is 0 Å². The zero-order valence-electron chi connectivity index (χ0n) is 18.0. The lowest BCUT2D eigenvalue weighted by Crippen LogP contribution is -2.29. The Bertz CT molecular complexity index is 840. The Balaban J connectivity index is 1.44. The normalized spacial score (nSPS) is 14.6. The van der Waals surface area contributed by atoms with E-state index < -0.39 is 0 Å². The molecule has 0 atom stereocenters. The predicted octanol–water partition coefficient (Wildman–Crippen LogP) is 4.41. The number of amides is 1. The molecular weight excluding hydrogens is 376 g/mol. The molecule has 0 bridgehead atoms. The van der Waals surface area contributed by atoms with E-state index >= 15 is 0 Å². The minimum absolute atomic E-state index is 0.0492. The second-order valence-electron chi connectivity index (χ2n) is 7.63. The first-order valence-electron chi connectivity index (χ1n) is 10.7. The first-order valence-corrected chi connectivity index (χ1v) is 10.7. The Labute approximate surface area is 179 Å². The summed E-state index contributed by atoms with van der Waals surface area (Å²) in [6.07, 6.45) is 7.91. The number of ether oxygens (including phenoxy) is 2. The molecule has 0 saturated carbocycles. The SMILES string of the molecule is C/C=C/c1ccc(OCC(=O)NCc2ccc(CN3CCCCC3)cc2)c(OC)c1. The Kier molecular flexibility index (Phi) is 8.33. The zero-order chi connectivity index (χ0) is 21.2. The van der Waals surface area contributed by atoms with Crippen LogP contribution in [0.2, 0.25) is 0 Å². The van der Waals surface area contributed by atoms with Crippen LogP contribution in [0.5, 0.6) is 11.5 Å². The predicted molar refractivity (Wildman–Crippen MR) is 121 cm³/mol. The summed E-state index contributed by atoms with van der Waals surface area (Å²) in [6, 6.07) is 14.1. The summed E-state index contributed by atoms with van der Waals surface area (Å²) >= 11 is 0. The van der Waals surface area contributed by atoms with Crippen LogP contribution >= 0.6 is 0 Å². The Morgan fingerprint density at radius 1 is 1.03 bits per heavy atom. The number of methoxy groups -OCH3 is 1. The van der Waals surface area contributed by atoms with Gasteiger partial charge in [-0.2, -0.15) is 0 Å². The lowest BCUT2D eigenvalue weighted by atomic mass is 10.1. The summed E-state index contributed by atoms with van der Waals surface area (Å²) in [5, 5.41) is 2.91. The number of carbonyl (C=O) groups is 1. The molecular formula is C25H32N2O3. The maximum absolute atomic E-state index is 12.2. The third-order valence-corrected chi connectivity index (χ3v) is 5.27. The third-order valence-electron chi connectivity index (χ3n) is 5.27. The molecule has 0 aromatic heterocycles. The summed E-state index contributed by atoms with van der Waals surface area (Å²) in [5.74, 6) is 1.01. The summed E-state index contributed by atoms with van der Waals surface area (Å²) < 4.78 is 11.0. The topological polar surface area (TPSA) is 50.8 Å². The number of nitrogens with one attached hydrogen (secondary N) is 1. The van der Waals surface area contributed by atoms with E-state index in [4.69, 9.17) is 9.47 Å². The van der Waals surface area contributed by atoms with Crippen LogP contribution in [0.3, 0.4) is 0 Å². The monoisotopic (exact) mass is 408 g/mol. The molecule has 0 unspecified atom stereocenters. The highest BCUT2D eigenvalue weighted by Gasteiger charge is 2.11. The molecule has 3 rings (SSSR count). The number of carbonyl (C=O) groups excluding carboxylic acids is 1. The van der Waals surface area contributed by atoms with Crippen molar-refractivity contribution in [3.8, 4) is 11.5 Å². The number of hydrogen-bond acceptors (Lipinski definition) is 4. The van der Waals surface area contributed by atoms with E-state index in [1.165, 1.54) is 37.9 Å². The first-order chi connectivity index (χ1) is 14.7. The molecule has 0 spiro atoms. The second-order valence-corrected chi connectivity index (χ2v) is 7.63. The largest absolute Gasteiger partial charge is 0.493 e. The van der Waals surface area contributed by atoms with Gasteiger partial charge in [0.1, 0.15) is 0 Å². The summed E-state index contributed by atoms with van der Waals surface area (Å²) in [5.41, 5.74) is 3.43. The molecule has 160 valence electrons. The maximum atomic E-state index is 12.2. The van der Waals surface area contributed by atoms with Gasteiger partial charge in [-0.15, -0.1) is 0 Å². The minimum atomic E-state index is -0.160. The molecule has 0 aliphatic carbocycles. The molecule has 1 aliphatic rings. The Hall–Kier alpha value is -2.79. The Morgan fingerprint density at radius 3 is 2.47 bits per heavy atom. The highest BCUT2D eigenvalue weighted by molar-refractivity contribution is 5.77. The highest BCUT2D eigenvalue weighted by atomic mass is 16.5. The summed E-state index contributed by atoms with van der Waals surface area (Å²) in [7, 11) is 1.59. The molecule has 30 heavy (non-hydrogen) atoms. The summed E-state index contributed by atoms with van der Waals surface area (Å²) in [4.78, 5) is 14.7. The van der Waals surface area contributed by atoms with Crippen molar-refractivity contribution >= 4 is 12.0 Å². The average Bonchev–Trinajstić information content (AvgIpc) is 2.78. The van der Waals surface area contributed by atoms with Gasteiger partial charge in [0.05, 0.1) is 7.11 Å². The third kappa shape index (κ3) is 6.63. The number of allylic oxidation sites excluding steroid dienone is 1. The van der Waals surface area contributed by atoms with E-state index in [2.05, 4.69) is 34.5 Å². The zero-order valence-corrected chi connectivity index (χ0v) is 18.0. The fourth-order valence-corrected chi connectivity index (χ4v) is 3.63. The molecule has 1 aliphatic heterocycles. The van der Waals surface area contributed by atoms with E-state index in [9.17, 15) is 4.79 Å². The van der Waals surface area contributed by atoms with Crippen LogP contribution in [0.4, 0.5) is 0 Å². The van der Waals surface area contributed by atoms with Crippen LogP contribution in [-0.4, -0.2) is 37.6 Å². The maximum Gasteiger partial charge on any atom is 0.258 e. The lowest BCUT2D eigenvalue weighted by molar-refractivity contribution is -0.123. The Morgan fingerprint density at radius 2 is 1.77 bits per heavy atom. The molecule has 2 aromatic rings. The van der Waals surface area contributed by atoms with Crippen molar-refractivity contribution < 1.29 is 14.3 Å². The number of piperidine rings is 1. The first kappa shape index (κ1) is 21.9. The molecule has 1 amide bonds. The van der Waals surface area contributed by atoms with E-state index in [1.54, 1.807) is 7.11 Å². The van der Waals surface area contributed by atoms with Crippen LogP contribution < -0.4 is 14.8 Å². The molecule has 1 N–H and O–H groups in total. The van der Waals surface area contributed by atoms with Crippen molar-refractivity contribution in [3.63, 3.8) is 0 Å². The van der Waals surface area contributed by atoms with Gasteiger partial charge < -0.3 is 14.8 Å². The molecule has 5 nitrogen and oxygen atoms in total. The van der Waals surface area contributed by atoms with Gasteiger partial charge in [0.25, 0.3) is 5.91 Å². The average molecular weight is 409 g/mol. The van der Waals surface area contributed by atoms with Gasteiger partial charge in [0.2, 0.25) is 0 Å². The highest BCUT2D eigenvalue weighted by Crippen LogP contribution is 2.28. The molecule has 0 radical (unpaired) electrons. The van der Waals surface area contributed by atoms with E-state index in [1.807, 2.05) is 37.3 Å². The van der Waals surface area contributed by atoms with Crippen LogP contribution in [0.25, 0.3) is 6.08 Å². The lowest BCUT2D eigenvalue weighted by Gasteiger charge is -2.26. The number of rotatable bonds is 9. The van der Waals surface area contributed by atoms with Crippen molar-refractivity contribution in [2.75, 3.05) is 26.8 Å². The fourth-order valence-electron chi connectivity index (χ4n) is 3.63. The van der Waals surface area contributed by atoms with E-state index in [-0.39, 0.29) is 12.5 Å². The van der Waals surface area contributed by atoms with Crippen LogP contribution in [0.15, 0.2) is 48.5 Å². The molecule has 1 heterocycles. The molecule has 1 fully saturated rings. The number of hydrogen-bond donors (Lipinski definition) is 1. The van der Waals surface area contributed by atoms with Crippen LogP contribution in [0.1, 0.15) is 42.9 Å². The number of likely N-dealkylation sites (tertiary alicyclic amines) is 1. The van der Waals surface area contributed by atoms with Crippen molar-refractivity contribution in [2.24, 2.45) is 0 Å². The molecule has 2 aromatic carbocycles. The molecule has 1 saturated heterocycles. The standard InChI is InChI=1S/C25H32N2O3/c1-3-7-20-12-13-23(24(16-20)29-2)30-19-25(28)26-17-21-8-10-22(11-9-21)18-27-14-5-4-6-15-27/h3,7-13,16H,4-6,14-15,17-19H2,1-2H3,(H,26,28)/b7-3+. The van der Waals surface area contributed by atoms with E-state index in [0.717, 1.165) is 17.7 Å². The van der Waals surface area contributed by atoms with Gasteiger partial charge in [0, 0.05) is 13.1 Å². The number of benzene rings is 2. The summed E-state index contributed by atoms with van der Waals surface area (Å²) in [6.45, 7) is 5.80.